The van der Waals surface area contributed by atoms with Crippen molar-refractivity contribution in [3.63, 3.8) is 0 Å². The van der Waals surface area contributed by atoms with Gasteiger partial charge in [-0.1, -0.05) is 25.5 Å². The Hall–Kier alpha value is -2.19. The number of rotatable bonds is 8. The highest BCUT2D eigenvalue weighted by Gasteiger charge is 2.48. The monoisotopic (exact) mass is 447 g/mol. The summed E-state index contributed by atoms with van der Waals surface area (Å²) in [7, 11) is 1.61. The van der Waals surface area contributed by atoms with Crippen LogP contribution in [0.25, 0.3) is 0 Å². The van der Waals surface area contributed by atoms with Gasteiger partial charge in [0.2, 0.25) is 5.91 Å². The van der Waals surface area contributed by atoms with Crippen LogP contribution in [0, 0.1) is 5.92 Å². The van der Waals surface area contributed by atoms with Gasteiger partial charge in [0.15, 0.2) is 0 Å². The van der Waals surface area contributed by atoms with Crippen LogP contribution in [0.15, 0.2) is 35.5 Å². The number of carbonyl (C=O) groups excluding carboxylic acids is 2. The maximum atomic E-state index is 13.3. The Morgan fingerprint density at radius 2 is 1.90 bits per heavy atom. The number of ether oxygens (including phenoxy) is 2. The van der Waals surface area contributed by atoms with E-state index < -0.39 is 17.8 Å². The predicted molar refractivity (Wildman–Crippen MR) is 123 cm³/mol. The summed E-state index contributed by atoms with van der Waals surface area (Å²) in [6, 6.07) is 7.53. The highest BCUT2D eigenvalue weighted by atomic mass is 32.2. The molecular weight excluding hydrogens is 414 g/mol. The number of methoxy groups -OCH3 is 1. The van der Waals surface area contributed by atoms with Gasteiger partial charge in [0.1, 0.15) is 11.2 Å². The molecule has 2 heterocycles. The first-order chi connectivity index (χ1) is 14.8. The summed E-state index contributed by atoms with van der Waals surface area (Å²) in [4.78, 5) is 26.3. The van der Waals surface area contributed by atoms with Crippen molar-refractivity contribution >= 4 is 23.6 Å². The van der Waals surface area contributed by atoms with Crippen molar-refractivity contribution in [3.8, 4) is 5.75 Å². The first-order valence-electron chi connectivity index (χ1n) is 10.9. The molecule has 1 amide bonds. The van der Waals surface area contributed by atoms with Crippen molar-refractivity contribution in [2.45, 2.75) is 64.2 Å². The van der Waals surface area contributed by atoms with Gasteiger partial charge < -0.3 is 20.1 Å². The highest BCUT2D eigenvalue weighted by molar-refractivity contribution is 7.99. The molecule has 31 heavy (non-hydrogen) atoms. The number of amides is 1. The number of esters is 1. The molecule has 0 aromatic heterocycles. The smallest absolute Gasteiger partial charge is 0.336 e. The summed E-state index contributed by atoms with van der Waals surface area (Å²) >= 11 is 1.69. The first-order valence-corrected chi connectivity index (χ1v) is 11.9. The average Bonchev–Trinajstić information content (AvgIpc) is 2.72. The summed E-state index contributed by atoms with van der Waals surface area (Å²) in [5, 5.41) is 9.96. The standard InChI is InChI=1S/C23H33N3O4S/c1-6-7-12-31-23-25-20-19(21(27)26-23)18(15-8-10-16(29-5)11-9-15)17(14(4)24-20)22(28)30-13(2)3/h8-11,13,18-20,23-25H,6-7,12H2,1-5H3,(H,26,27). The van der Waals surface area contributed by atoms with E-state index in [0.29, 0.717) is 5.57 Å². The molecule has 3 rings (SSSR count). The van der Waals surface area contributed by atoms with Gasteiger partial charge in [0, 0.05) is 11.6 Å². The zero-order valence-electron chi connectivity index (χ0n) is 18.9. The lowest BCUT2D eigenvalue weighted by Gasteiger charge is -2.45. The lowest BCUT2D eigenvalue weighted by Crippen LogP contribution is -2.67. The number of hydrogen-bond donors (Lipinski definition) is 3. The molecule has 1 aromatic rings. The number of benzene rings is 1. The summed E-state index contributed by atoms with van der Waals surface area (Å²) < 4.78 is 10.8. The number of fused-ring (bicyclic) bond motifs is 1. The van der Waals surface area contributed by atoms with Crippen LogP contribution in [0.1, 0.15) is 52.0 Å². The molecule has 0 radical (unpaired) electrons. The Bertz CT molecular complexity index is 825. The van der Waals surface area contributed by atoms with E-state index in [1.807, 2.05) is 45.0 Å². The van der Waals surface area contributed by atoms with E-state index in [-0.39, 0.29) is 23.7 Å². The van der Waals surface area contributed by atoms with E-state index in [1.165, 1.54) is 0 Å². The van der Waals surface area contributed by atoms with Crippen molar-refractivity contribution < 1.29 is 19.1 Å². The van der Waals surface area contributed by atoms with Gasteiger partial charge >= 0.3 is 5.97 Å². The molecule has 1 aromatic carbocycles. The topological polar surface area (TPSA) is 88.7 Å². The zero-order valence-corrected chi connectivity index (χ0v) is 19.7. The number of thioether (sulfide) groups is 1. The van der Waals surface area contributed by atoms with Gasteiger partial charge in [0.25, 0.3) is 0 Å². The summed E-state index contributed by atoms with van der Waals surface area (Å²) in [6.45, 7) is 7.67. The lowest BCUT2D eigenvalue weighted by atomic mass is 9.74. The van der Waals surface area contributed by atoms with Crippen LogP contribution in [0.5, 0.6) is 5.75 Å². The van der Waals surface area contributed by atoms with E-state index in [1.54, 1.807) is 18.9 Å². The minimum atomic E-state index is -0.491. The van der Waals surface area contributed by atoms with E-state index in [2.05, 4.69) is 22.9 Å². The van der Waals surface area contributed by atoms with Crippen molar-refractivity contribution in [3.05, 3.63) is 41.1 Å². The average molecular weight is 448 g/mol. The highest BCUT2D eigenvalue weighted by Crippen LogP contribution is 2.41. The van der Waals surface area contributed by atoms with Crippen LogP contribution in [0.3, 0.4) is 0 Å². The Kier molecular flexibility index (Phi) is 7.89. The van der Waals surface area contributed by atoms with Gasteiger partial charge in [-0.25, -0.2) is 4.79 Å². The fourth-order valence-corrected chi connectivity index (χ4v) is 5.20. The van der Waals surface area contributed by atoms with Crippen LogP contribution < -0.4 is 20.7 Å². The van der Waals surface area contributed by atoms with Gasteiger partial charge in [0.05, 0.1) is 30.9 Å². The number of nitrogens with one attached hydrogen (secondary N) is 3. The zero-order chi connectivity index (χ0) is 22.5. The minimum absolute atomic E-state index is 0.0755. The fourth-order valence-electron chi connectivity index (χ4n) is 4.06. The van der Waals surface area contributed by atoms with Crippen LogP contribution in [0.2, 0.25) is 0 Å². The minimum Gasteiger partial charge on any atom is -0.497 e. The molecular formula is C23H33N3O4S. The van der Waals surface area contributed by atoms with Crippen LogP contribution >= 0.6 is 11.8 Å². The van der Waals surface area contributed by atoms with Crippen LogP contribution in [0.4, 0.5) is 0 Å². The van der Waals surface area contributed by atoms with Gasteiger partial charge in [-0.3, -0.25) is 10.1 Å². The Morgan fingerprint density at radius 3 is 2.52 bits per heavy atom. The summed E-state index contributed by atoms with van der Waals surface area (Å²) in [5.41, 5.74) is 1.93. The van der Waals surface area contributed by atoms with Crippen LogP contribution in [-0.4, -0.2) is 42.5 Å². The molecule has 0 aliphatic carbocycles. The number of carbonyl (C=O) groups is 2. The first kappa shape index (κ1) is 23.5. The predicted octanol–water partition coefficient (Wildman–Crippen LogP) is 3.09. The molecule has 4 unspecified atom stereocenters. The molecule has 3 N–H and O–H groups in total. The van der Waals surface area contributed by atoms with Crippen molar-refractivity contribution in [1.29, 1.82) is 0 Å². The third-order valence-electron chi connectivity index (χ3n) is 5.53. The van der Waals surface area contributed by atoms with E-state index in [0.717, 1.165) is 35.6 Å². The van der Waals surface area contributed by atoms with E-state index in [4.69, 9.17) is 9.47 Å². The van der Waals surface area contributed by atoms with Crippen molar-refractivity contribution in [2.75, 3.05) is 12.9 Å². The second kappa shape index (κ2) is 10.4. The molecule has 170 valence electrons. The molecule has 1 saturated heterocycles. The van der Waals surface area contributed by atoms with Gasteiger partial charge in [-0.2, -0.15) is 0 Å². The fraction of sp³-hybridized carbons (Fsp3) is 0.565. The maximum Gasteiger partial charge on any atom is 0.336 e. The molecule has 2 aliphatic rings. The molecule has 0 spiro atoms. The Morgan fingerprint density at radius 1 is 1.19 bits per heavy atom. The SMILES string of the molecule is CCCCSC1NC(=O)C2C(NC(C)=C(C(=O)OC(C)C)C2c2ccc(OC)cc2)N1. The second-order valence-electron chi connectivity index (χ2n) is 8.17. The summed E-state index contributed by atoms with van der Waals surface area (Å²) in [6.07, 6.45) is 1.68. The van der Waals surface area contributed by atoms with Crippen molar-refractivity contribution in [1.82, 2.24) is 16.0 Å². The molecule has 1 fully saturated rings. The number of hydrogen-bond acceptors (Lipinski definition) is 7. The van der Waals surface area contributed by atoms with E-state index >= 15 is 0 Å². The summed E-state index contributed by atoms with van der Waals surface area (Å²) in [5.74, 6) is 0.293. The third kappa shape index (κ3) is 5.36. The Balaban J connectivity index is 1.96. The largest absolute Gasteiger partial charge is 0.497 e. The molecule has 2 aliphatic heterocycles. The Labute approximate surface area is 188 Å². The number of allylic oxidation sites excluding steroid dienone is 1. The number of unbranched alkanes of at least 4 members (excludes halogenated alkanes) is 1. The third-order valence-corrected chi connectivity index (χ3v) is 6.64. The van der Waals surface area contributed by atoms with Crippen LogP contribution in [-0.2, 0) is 14.3 Å². The molecule has 0 saturated carbocycles. The van der Waals surface area contributed by atoms with Crippen molar-refractivity contribution in [2.24, 2.45) is 5.92 Å². The molecule has 8 heteroatoms. The maximum absolute atomic E-state index is 13.3. The molecule has 7 nitrogen and oxygen atoms in total. The quantitative estimate of drug-likeness (QED) is 0.417. The van der Waals surface area contributed by atoms with Gasteiger partial charge in [-0.05, 0) is 50.6 Å². The normalized spacial score (nSPS) is 25.5. The molecule has 0 bridgehead atoms. The molecule has 4 atom stereocenters. The lowest BCUT2D eigenvalue weighted by molar-refractivity contribution is -0.143. The van der Waals surface area contributed by atoms with E-state index in [9.17, 15) is 9.59 Å². The second-order valence-corrected chi connectivity index (χ2v) is 9.38. The van der Waals surface area contributed by atoms with Gasteiger partial charge in [-0.15, -0.1) is 11.8 Å².